The molecule has 1 aromatic carbocycles. The number of rotatable bonds is 9. The van der Waals surface area contributed by atoms with Gasteiger partial charge in [-0.15, -0.1) is 0 Å². The predicted molar refractivity (Wildman–Crippen MR) is 115 cm³/mol. The minimum atomic E-state index is -1.10. The third-order valence-electron chi connectivity index (χ3n) is 4.30. The van der Waals surface area contributed by atoms with Crippen LogP contribution in [0.4, 0.5) is 11.7 Å². The van der Waals surface area contributed by atoms with Gasteiger partial charge in [0.05, 0.1) is 16.9 Å². The first-order valence-corrected chi connectivity index (χ1v) is 9.78. The first-order valence-electron chi connectivity index (χ1n) is 9.78. The number of carboxylic acid groups (broad SMARTS) is 1. The zero-order chi connectivity index (χ0) is 23.3. The third kappa shape index (κ3) is 6.51. The number of hydrogen-bond donors (Lipinski definition) is 5. The Balaban J connectivity index is 2.33. The van der Waals surface area contributed by atoms with Gasteiger partial charge in [0, 0.05) is 18.2 Å². The van der Waals surface area contributed by atoms with Crippen molar-refractivity contribution in [1.82, 2.24) is 10.3 Å². The van der Waals surface area contributed by atoms with E-state index in [0.29, 0.717) is 16.8 Å². The van der Waals surface area contributed by atoms with E-state index in [2.05, 4.69) is 20.9 Å². The van der Waals surface area contributed by atoms with Crippen molar-refractivity contribution >= 4 is 40.4 Å². The lowest BCUT2D eigenvalue weighted by Crippen LogP contribution is -2.49. The van der Waals surface area contributed by atoms with Crippen molar-refractivity contribution in [2.75, 3.05) is 10.6 Å². The molecule has 1 heterocycles. The van der Waals surface area contributed by atoms with Gasteiger partial charge in [-0.05, 0) is 51.8 Å². The number of carbonyl (C=O) groups excluding carboxylic acids is 2. The molecule has 6 N–H and O–H groups in total. The highest BCUT2D eigenvalue weighted by Crippen LogP contribution is 2.21. The molecule has 0 aliphatic heterocycles. The normalized spacial score (nSPS) is 13.0. The van der Waals surface area contributed by atoms with Crippen molar-refractivity contribution in [3.05, 3.63) is 28.1 Å². The maximum Gasteiger partial charge on any atom is 0.348 e. The highest BCUT2D eigenvalue weighted by atomic mass is 16.4. The van der Waals surface area contributed by atoms with E-state index in [1.165, 1.54) is 13.0 Å². The number of nitrogens with one attached hydrogen (secondary N) is 3. The molecule has 0 fully saturated rings. The number of aryl methyl sites for hydroxylation is 1. The number of amides is 2. The van der Waals surface area contributed by atoms with Crippen LogP contribution >= 0.6 is 0 Å². The molecule has 168 valence electrons. The molecule has 0 bridgehead atoms. The maximum atomic E-state index is 12.7. The van der Waals surface area contributed by atoms with E-state index in [0.717, 1.165) is 0 Å². The summed E-state index contributed by atoms with van der Waals surface area (Å²) < 4.78 is 5.18. The topological polar surface area (TPSA) is 177 Å². The SMILES string of the molecule is Cc1cc(NC(=O)[C@H](CCC(=O)O)NC(=O)[C@H](C)N)cc2nc(NC(C)C)oc(=O)c12. The van der Waals surface area contributed by atoms with E-state index in [9.17, 15) is 19.2 Å². The smallest absolute Gasteiger partial charge is 0.348 e. The summed E-state index contributed by atoms with van der Waals surface area (Å²) in [5.41, 5.74) is 6.14. The average molecular weight is 433 g/mol. The van der Waals surface area contributed by atoms with Gasteiger partial charge in [0.2, 0.25) is 11.8 Å². The molecule has 0 radical (unpaired) electrons. The fraction of sp³-hybridized carbons (Fsp3) is 0.450. The minimum Gasteiger partial charge on any atom is -0.481 e. The second-order valence-corrected chi connectivity index (χ2v) is 7.56. The lowest BCUT2D eigenvalue weighted by Gasteiger charge is -2.19. The quantitative estimate of drug-likeness (QED) is 0.385. The van der Waals surface area contributed by atoms with Crippen LogP contribution in [0.5, 0.6) is 0 Å². The van der Waals surface area contributed by atoms with Crippen LogP contribution in [0, 0.1) is 6.92 Å². The van der Waals surface area contributed by atoms with Crippen molar-refractivity contribution < 1.29 is 23.9 Å². The Bertz CT molecular complexity index is 1050. The highest BCUT2D eigenvalue weighted by molar-refractivity contribution is 5.99. The molecule has 0 saturated carbocycles. The number of carboxylic acids is 1. The summed E-state index contributed by atoms with van der Waals surface area (Å²) in [5, 5.41) is 17.2. The number of fused-ring (bicyclic) bond motifs is 1. The molecule has 2 atom stereocenters. The van der Waals surface area contributed by atoms with E-state index >= 15 is 0 Å². The Kier molecular flexibility index (Phi) is 7.70. The van der Waals surface area contributed by atoms with Crippen LogP contribution in [0.15, 0.2) is 21.3 Å². The first kappa shape index (κ1) is 23.8. The molecule has 2 aromatic rings. The number of nitrogens with zero attached hydrogens (tertiary/aromatic N) is 1. The summed E-state index contributed by atoms with van der Waals surface area (Å²) in [6.07, 6.45) is -0.433. The molecule has 0 aliphatic carbocycles. The van der Waals surface area contributed by atoms with Crippen molar-refractivity contribution in [2.45, 2.75) is 58.7 Å². The number of aromatic nitrogens is 1. The minimum absolute atomic E-state index is 0.0133. The summed E-state index contributed by atoms with van der Waals surface area (Å²) in [6, 6.07) is 1.15. The van der Waals surface area contributed by atoms with Gasteiger partial charge in [-0.3, -0.25) is 14.4 Å². The molecule has 1 aromatic heterocycles. The van der Waals surface area contributed by atoms with Gasteiger partial charge in [-0.2, -0.15) is 4.98 Å². The van der Waals surface area contributed by atoms with Gasteiger partial charge in [0.25, 0.3) is 6.01 Å². The first-order chi connectivity index (χ1) is 14.5. The van der Waals surface area contributed by atoms with Crippen LogP contribution in [0.25, 0.3) is 10.9 Å². The Hall–Kier alpha value is -3.47. The van der Waals surface area contributed by atoms with E-state index in [4.69, 9.17) is 15.3 Å². The number of aliphatic carboxylic acids is 1. The van der Waals surface area contributed by atoms with Crippen molar-refractivity contribution in [3.8, 4) is 0 Å². The van der Waals surface area contributed by atoms with E-state index in [1.807, 2.05) is 13.8 Å². The van der Waals surface area contributed by atoms with E-state index < -0.39 is 35.5 Å². The van der Waals surface area contributed by atoms with Gasteiger partial charge in [-0.25, -0.2) is 4.79 Å². The van der Waals surface area contributed by atoms with E-state index in [1.54, 1.807) is 13.0 Å². The van der Waals surface area contributed by atoms with Gasteiger partial charge in [0.1, 0.15) is 6.04 Å². The Labute approximate surface area is 178 Å². The Morgan fingerprint density at radius 2 is 1.87 bits per heavy atom. The highest BCUT2D eigenvalue weighted by Gasteiger charge is 2.23. The molecule has 31 heavy (non-hydrogen) atoms. The van der Waals surface area contributed by atoms with Gasteiger partial charge >= 0.3 is 11.6 Å². The van der Waals surface area contributed by atoms with E-state index in [-0.39, 0.29) is 30.3 Å². The fourth-order valence-electron chi connectivity index (χ4n) is 2.84. The zero-order valence-corrected chi connectivity index (χ0v) is 17.8. The third-order valence-corrected chi connectivity index (χ3v) is 4.30. The zero-order valence-electron chi connectivity index (χ0n) is 17.8. The molecular formula is C20H27N5O6. The van der Waals surface area contributed by atoms with Crippen LogP contribution in [-0.4, -0.2) is 46.0 Å². The molecular weight excluding hydrogens is 406 g/mol. The summed E-state index contributed by atoms with van der Waals surface area (Å²) in [7, 11) is 0. The van der Waals surface area contributed by atoms with Crippen molar-refractivity contribution in [1.29, 1.82) is 0 Å². The largest absolute Gasteiger partial charge is 0.481 e. The van der Waals surface area contributed by atoms with Gasteiger partial charge in [-0.1, -0.05) is 0 Å². The lowest BCUT2D eigenvalue weighted by atomic mass is 10.1. The van der Waals surface area contributed by atoms with Crippen molar-refractivity contribution in [2.24, 2.45) is 5.73 Å². The molecule has 0 aliphatic rings. The van der Waals surface area contributed by atoms with Crippen LogP contribution in [0.3, 0.4) is 0 Å². The predicted octanol–water partition coefficient (Wildman–Crippen LogP) is 0.952. The Morgan fingerprint density at radius 1 is 1.19 bits per heavy atom. The second-order valence-electron chi connectivity index (χ2n) is 7.56. The van der Waals surface area contributed by atoms with Crippen LogP contribution in [0.1, 0.15) is 39.2 Å². The summed E-state index contributed by atoms with van der Waals surface area (Å²) in [6.45, 7) is 6.85. The van der Waals surface area contributed by atoms with Gasteiger partial charge in [0.15, 0.2) is 0 Å². The molecule has 11 nitrogen and oxygen atoms in total. The molecule has 2 amide bonds. The number of benzene rings is 1. The summed E-state index contributed by atoms with van der Waals surface area (Å²) in [4.78, 5) is 52.2. The lowest BCUT2D eigenvalue weighted by molar-refractivity contribution is -0.137. The Morgan fingerprint density at radius 3 is 2.45 bits per heavy atom. The molecule has 0 saturated heterocycles. The molecule has 0 unspecified atom stereocenters. The van der Waals surface area contributed by atoms with Crippen LogP contribution in [-0.2, 0) is 14.4 Å². The average Bonchev–Trinajstić information content (AvgIpc) is 2.63. The number of carbonyl (C=O) groups is 3. The fourth-order valence-corrected chi connectivity index (χ4v) is 2.84. The van der Waals surface area contributed by atoms with Crippen molar-refractivity contribution in [3.63, 3.8) is 0 Å². The van der Waals surface area contributed by atoms with Crippen LogP contribution in [0.2, 0.25) is 0 Å². The monoisotopic (exact) mass is 433 g/mol. The number of anilines is 2. The molecule has 0 spiro atoms. The molecule has 2 rings (SSSR count). The number of hydrogen-bond acceptors (Lipinski definition) is 8. The van der Waals surface area contributed by atoms with Crippen LogP contribution < -0.4 is 27.3 Å². The second kappa shape index (κ2) is 10.0. The summed E-state index contributed by atoms with van der Waals surface area (Å²) >= 11 is 0. The standard InChI is InChI=1S/C20H27N5O6/c1-9(2)22-20-25-14-8-12(7-10(3)16(14)19(30)31-20)23-18(29)13(5-6-15(26)27)24-17(28)11(4)21/h7-9,11,13H,5-6,21H2,1-4H3,(H,22,25)(H,23,29)(H,24,28)(H,26,27)/t11-,13-/m0/s1. The van der Waals surface area contributed by atoms with Gasteiger partial charge < -0.3 is 31.2 Å². The maximum absolute atomic E-state index is 12.7. The number of nitrogens with two attached hydrogens (primary N) is 1. The molecule has 11 heteroatoms. The summed E-state index contributed by atoms with van der Waals surface area (Å²) in [5.74, 6) is -2.29.